The van der Waals surface area contributed by atoms with E-state index >= 15 is 0 Å². The molecular weight excluding hydrogens is 312 g/mol. The van der Waals surface area contributed by atoms with Crippen molar-refractivity contribution in [3.8, 4) is 0 Å². The lowest BCUT2D eigenvalue weighted by atomic mass is 9.83. The van der Waals surface area contributed by atoms with Gasteiger partial charge in [0, 0.05) is 18.4 Å². The van der Waals surface area contributed by atoms with Gasteiger partial charge in [-0.05, 0) is 43.2 Å². The Morgan fingerprint density at radius 1 is 1.08 bits per heavy atom. The lowest BCUT2D eigenvalue weighted by Gasteiger charge is -2.23. The van der Waals surface area contributed by atoms with Crippen molar-refractivity contribution in [2.45, 2.75) is 26.7 Å². The van der Waals surface area contributed by atoms with Gasteiger partial charge >= 0.3 is 11.9 Å². The molecule has 6 heteroatoms. The second-order valence-corrected chi connectivity index (χ2v) is 5.77. The van der Waals surface area contributed by atoms with Crippen LogP contribution in [0.15, 0.2) is 39.5 Å². The standard InChI is InChI=1S/C18H20O6/c1-11(8-13-6-5-7-24-13)14-9-18(16(20)22-3,17(21)23-4)10-15(14)12(2)19/h5-8H,9-10H2,1-4H3/b11-8+. The SMILES string of the molecule is COC(=O)C1(C(=O)OC)CC(C(C)=O)=C(/C(C)=C/c2ccco2)C1. The van der Waals surface area contributed by atoms with E-state index in [9.17, 15) is 14.4 Å². The third-order valence-electron chi connectivity index (χ3n) is 4.28. The van der Waals surface area contributed by atoms with Crippen molar-refractivity contribution < 1.29 is 28.3 Å². The summed E-state index contributed by atoms with van der Waals surface area (Å²) in [6.45, 7) is 3.23. The number of ether oxygens (including phenoxy) is 2. The Kier molecular flexibility index (Phi) is 5.07. The molecule has 1 aliphatic carbocycles. The van der Waals surface area contributed by atoms with Crippen molar-refractivity contribution in [1.82, 2.24) is 0 Å². The number of allylic oxidation sites excluding steroid dienone is 3. The van der Waals surface area contributed by atoms with Gasteiger partial charge in [0.05, 0.1) is 20.5 Å². The van der Waals surface area contributed by atoms with Crippen molar-refractivity contribution >= 4 is 23.8 Å². The number of rotatable bonds is 5. The predicted octanol–water partition coefficient (Wildman–Crippen LogP) is 2.69. The molecule has 0 spiro atoms. The number of Topliss-reactive ketones (excluding diaryl/α,β-unsaturated/α-hetero) is 1. The highest BCUT2D eigenvalue weighted by Gasteiger charge is 2.54. The molecule has 0 N–H and O–H groups in total. The summed E-state index contributed by atoms with van der Waals surface area (Å²) in [6, 6.07) is 3.53. The Bertz CT molecular complexity index is 705. The molecule has 0 radical (unpaired) electrons. The van der Waals surface area contributed by atoms with Crippen LogP contribution in [0.5, 0.6) is 0 Å². The van der Waals surface area contributed by atoms with Crippen molar-refractivity contribution in [2.75, 3.05) is 14.2 Å². The number of methoxy groups -OCH3 is 2. The third kappa shape index (κ3) is 3.04. The maximum Gasteiger partial charge on any atom is 0.323 e. The van der Waals surface area contributed by atoms with Crippen LogP contribution in [-0.4, -0.2) is 31.9 Å². The maximum absolute atomic E-state index is 12.3. The Labute approximate surface area is 140 Å². The normalized spacial score (nSPS) is 16.9. The van der Waals surface area contributed by atoms with Crippen LogP contribution in [0, 0.1) is 5.41 Å². The predicted molar refractivity (Wildman–Crippen MR) is 85.8 cm³/mol. The molecule has 1 aliphatic rings. The van der Waals surface area contributed by atoms with E-state index in [0.717, 1.165) is 5.57 Å². The summed E-state index contributed by atoms with van der Waals surface area (Å²) in [7, 11) is 2.42. The van der Waals surface area contributed by atoms with Crippen LogP contribution in [0.2, 0.25) is 0 Å². The van der Waals surface area contributed by atoms with Crippen LogP contribution >= 0.6 is 0 Å². The first kappa shape index (κ1) is 17.7. The van der Waals surface area contributed by atoms with Gasteiger partial charge in [-0.25, -0.2) is 0 Å². The molecule has 24 heavy (non-hydrogen) atoms. The Morgan fingerprint density at radius 2 is 1.67 bits per heavy atom. The molecule has 0 bridgehead atoms. The second-order valence-electron chi connectivity index (χ2n) is 5.77. The Balaban J connectivity index is 2.48. The number of esters is 2. The maximum atomic E-state index is 12.3. The molecule has 128 valence electrons. The number of carbonyl (C=O) groups is 3. The van der Waals surface area contributed by atoms with E-state index in [1.54, 1.807) is 24.5 Å². The van der Waals surface area contributed by atoms with Crippen LogP contribution in [0.25, 0.3) is 6.08 Å². The zero-order chi connectivity index (χ0) is 17.9. The highest BCUT2D eigenvalue weighted by molar-refractivity contribution is 6.06. The van der Waals surface area contributed by atoms with Crippen LogP contribution in [0.3, 0.4) is 0 Å². The summed E-state index contributed by atoms with van der Waals surface area (Å²) in [5.41, 5.74) is 0.323. The molecular formula is C18H20O6. The highest BCUT2D eigenvalue weighted by atomic mass is 16.5. The largest absolute Gasteiger partial charge is 0.468 e. The monoisotopic (exact) mass is 332 g/mol. The van der Waals surface area contributed by atoms with E-state index in [2.05, 4.69) is 0 Å². The summed E-state index contributed by atoms with van der Waals surface area (Å²) in [6.07, 6.45) is 3.34. The first-order valence-electron chi connectivity index (χ1n) is 7.47. The Hall–Kier alpha value is -2.63. The van der Waals surface area contributed by atoms with Gasteiger partial charge in [0.25, 0.3) is 0 Å². The summed E-state index contributed by atoms with van der Waals surface area (Å²) in [4.78, 5) is 36.6. The average molecular weight is 332 g/mol. The number of hydrogen-bond acceptors (Lipinski definition) is 6. The molecule has 0 amide bonds. The molecule has 0 atom stereocenters. The van der Waals surface area contributed by atoms with Crippen LogP contribution in [0.1, 0.15) is 32.4 Å². The van der Waals surface area contributed by atoms with E-state index in [1.165, 1.54) is 21.1 Å². The molecule has 0 aromatic carbocycles. The lowest BCUT2D eigenvalue weighted by Crippen LogP contribution is -2.39. The summed E-state index contributed by atoms with van der Waals surface area (Å²) in [5.74, 6) is -0.966. The Morgan fingerprint density at radius 3 is 2.12 bits per heavy atom. The average Bonchev–Trinajstić information content (AvgIpc) is 3.21. The van der Waals surface area contributed by atoms with Crippen molar-refractivity contribution in [3.05, 3.63) is 40.9 Å². The van der Waals surface area contributed by atoms with Gasteiger partial charge in [0.15, 0.2) is 11.2 Å². The van der Waals surface area contributed by atoms with Gasteiger partial charge < -0.3 is 13.9 Å². The number of ketones is 1. The fraction of sp³-hybridized carbons (Fsp3) is 0.389. The minimum atomic E-state index is -1.52. The highest BCUT2D eigenvalue weighted by Crippen LogP contribution is 2.47. The number of hydrogen-bond donors (Lipinski definition) is 0. The van der Waals surface area contributed by atoms with Crippen molar-refractivity contribution in [1.29, 1.82) is 0 Å². The number of furan rings is 1. The fourth-order valence-electron chi connectivity index (χ4n) is 3.03. The first-order chi connectivity index (χ1) is 11.4. The van der Waals surface area contributed by atoms with Crippen molar-refractivity contribution in [3.63, 3.8) is 0 Å². The van der Waals surface area contributed by atoms with Gasteiger partial charge in [0.1, 0.15) is 5.76 Å². The summed E-state index contributed by atoms with van der Waals surface area (Å²) in [5, 5.41) is 0. The van der Waals surface area contributed by atoms with E-state index in [1.807, 2.05) is 6.92 Å². The molecule has 1 aromatic heterocycles. The minimum absolute atomic E-state index is 0.0274. The van der Waals surface area contributed by atoms with Gasteiger partial charge in [0.2, 0.25) is 0 Å². The molecule has 2 rings (SSSR count). The van der Waals surface area contributed by atoms with Gasteiger partial charge in [-0.1, -0.05) is 0 Å². The van der Waals surface area contributed by atoms with Gasteiger partial charge in [-0.15, -0.1) is 0 Å². The third-order valence-corrected chi connectivity index (χ3v) is 4.28. The minimum Gasteiger partial charge on any atom is -0.468 e. The van der Waals surface area contributed by atoms with Crippen LogP contribution in [-0.2, 0) is 23.9 Å². The van der Waals surface area contributed by atoms with E-state index in [4.69, 9.17) is 13.9 Å². The quantitative estimate of drug-likeness (QED) is 0.609. The van der Waals surface area contributed by atoms with Crippen molar-refractivity contribution in [2.24, 2.45) is 5.41 Å². The summed E-state index contributed by atoms with van der Waals surface area (Å²) < 4.78 is 14.9. The molecule has 6 nitrogen and oxygen atoms in total. The second kappa shape index (κ2) is 6.86. The van der Waals surface area contributed by atoms with Gasteiger partial charge in [-0.2, -0.15) is 0 Å². The van der Waals surface area contributed by atoms with Gasteiger partial charge in [-0.3, -0.25) is 14.4 Å². The van der Waals surface area contributed by atoms with E-state index < -0.39 is 17.4 Å². The molecule has 0 saturated carbocycles. The molecule has 0 aliphatic heterocycles. The smallest absolute Gasteiger partial charge is 0.323 e. The number of carbonyl (C=O) groups excluding carboxylic acids is 3. The molecule has 1 heterocycles. The fourth-order valence-corrected chi connectivity index (χ4v) is 3.03. The molecule has 0 fully saturated rings. The first-order valence-corrected chi connectivity index (χ1v) is 7.47. The molecule has 1 aromatic rings. The summed E-state index contributed by atoms with van der Waals surface area (Å²) >= 11 is 0. The lowest BCUT2D eigenvalue weighted by molar-refractivity contribution is -0.168. The van der Waals surface area contributed by atoms with Crippen LogP contribution < -0.4 is 0 Å². The van der Waals surface area contributed by atoms with E-state index in [-0.39, 0.29) is 18.6 Å². The zero-order valence-electron chi connectivity index (χ0n) is 14.2. The van der Waals surface area contributed by atoms with E-state index in [0.29, 0.717) is 16.9 Å². The molecule has 0 unspecified atom stereocenters. The molecule has 0 saturated heterocycles. The topological polar surface area (TPSA) is 82.8 Å². The zero-order valence-corrected chi connectivity index (χ0v) is 14.2. The van der Waals surface area contributed by atoms with Crippen LogP contribution in [0.4, 0.5) is 0 Å².